The third-order valence-corrected chi connectivity index (χ3v) is 2.53. The van der Waals surface area contributed by atoms with Crippen LogP contribution in [0.1, 0.15) is 12.5 Å². The molecule has 82 valence electrons. The average Bonchev–Trinajstić information content (AvgIpc) is 2.78. The molecule has 1 aromatic heterocycles. The summed E-state index contributed by atoms with van der Waals surface area (Å²) in [5.41, 5.74) is 1.53. The highest BCUT2D eigenvalue weighted by molar-refractivity contribution is 6.30. The summed E-state index contributed by atoms with van der Waals surface area (Å²) in [5, 5.41) is 10.4. The fourth-order valence-corrected chi connectivity index (χ4v) is 1.73. The molecule has 0 aliphatic rings. The fraction of sp³-hybridized carbons (Fsp3) is 0.0833. The minimum Gasteiger partial charge on any atom is -0.507 e. The number of phenolic OH excluding ortho intramolecular Hbond substituents is 1. The summed E-state index contributed by atoms with van der Waals surface area (Å²) < 4.78 is 1.82. The van der Waals surface area contributed by atoms with Gasteiger partial charge in [-0.05, 0) is 25.1 Å². The van der Waals surface area contributed by atoms with Crippen molar-refractivity contribution in [2.24, 2.45) is 0 Å². The van der Waals surface area contributed by atoms with E-state index in [-0.39, 0.29) is 5.75 Å². The third-order valence-electron chi connectivity index (χ3n) is 2.29. The minimum atomic E-state index is 0.200. The van der Waals surface area contributed by atoms with Crippen LogP contribution < -0.4 is 0 Å². The average molecular weight is 235 g/mol. The molecule has 2 aromatic rings. The Morgan fingerprint density at radius 1 is 1.50 bits per heavy atom. The lowest BCUT2D eigenvalue weighted by Crippen LogP contribution is -1.96. The molecule has 0 atom stereocenters. The normalized spacial score (nSPS) is 11.8. The number of nitrogens with zero attached hydrogens (tertiary/aromatic N) is 2. The van der Waals surface area contributed by atoms with Crippen molar-refractivity contribution in [1.82, 2.24) is 9.55 Å². The first-order valence-electron chi connectivity index (χ1n) is 4.86. The Morgan fingerprint density at radius 2 is 2.31 bits per heavy atom. The van der Waals surface area contributed by atoms with Crippen molar-refractivity contribution in [2.45, 2.75) is 6.92 Å². The number of imidazole rings is 1. The SMILES string of the molecule is C/C=C(/c1cc(Cl)ccc1O)n1ccnc1. The van der Waals surface area contributed by atoms with Gasteiger partial charge < -0.3 is 9.67 Å². The predicted molar refractivity (Wildman–Crippen MR) is 64.4 cm³/mol. The summed E-state index contributed by atoms with van der Waals surface area (Å²) in [6.45, 7) is 1.90. The van der Waals surface area contributed by atoms with Gasteiger partial charge in [-0.3, -0.25) is 0 Å². The second-order valence-corrected chi connectivity index (χ2v) is 3.74. The maximum Gasteiger partial charge on any atom is 0.125 e. The minimum absolute atomic E-state index is 0.200. The summed E-state index contributed by atoms with van der Waals surface area (Å²) in [6.07, 6.45) is 7.07. The maximum absolute atomic E-state index is 9.80. The molecular formula is C12H11ClN2O. The molecule has 16 heavy (non-hydrogen) atoms. The molecule has 0 aliphatic carbocycles. The zero-order chi connectivity index (χ0) is 11.5. The van der Waals surface area contributed by atoms with Gasteiger partial charge in [0.05, 0.1) is 12.0 Å². The fourth-order valence-electron chi connectivity index (χ4n) is 1.56. The van der Waals surface area contributed by atoms with E-state index in [1.54, 1.807) is 30.7 Å². The van der Waals surface area contributed by atoms with Gasteiger partial charge in [0.1, 0.15) is 5.75 Å². The predicted octanol–water partition coefficient (Wildman–Crippen LogP) is 3.15. The molecule has 3 nitrogen and oxygen atoms in total. The van der Waals surface area contributed by atoms with E-state index in [0.29, 0.717) is 10.6 Å². The summed E-state index contributed by atoms with van der Waals surface area (Å²) in [7, 11) is 0. The van der Waals surface area contributed by atoms with Crippen LogP contribution in [0.2, 0.25) is 5.02 Å². The smallest absolute Gasteiger partial charge is 0.125 e. The Balaban J connectivity index is 2.54. The van der Waals surface area contributed by atoms with Crippen LogP contribution in [0.15, 0.2) is 43.0 Å². The van der Waals surface area contributed by atoms with Gasteiger partial charge in [0.25, 0.3) is 0 Å². The van der Waals surface area contributed by atoms with Crippen LogP contribution >= 0.6 is 11.6 Å². The van der Waals surface area contributed by atoms with Crippen molar-refractivity contribution < 1.29 is 5.11 Å². The van der Waals surface area contributed by atoms with E-state index in [2.05, 4.69) is 4.98 Å². The summed E-state index contributed by atoms with van der Waals surface area (Å²) >= 11 is 5.92. The molecule has 0 amide bonds. The van der Waals surface area contributed by atoms with Crippen molar-refractivity contribution in [3.63, 3.8) is 0 Å². The lowest BCUT2D eigenvalue weighted by molar-refractivity contribution is 0.473. The Kier molecular flexibility index (Phi) is 2.97. The first-order valence-corrected chi connectivity index (χ1v) is 5.23. The molecule has 1 aromatic carbocycles. The second-order valence-electron chi connectivity index (χ2n) is 3.31. The quantitative estimate of drug-likeness (QED) is 0.867. The number of hydrogen-bond donors (Lipinski definition) is 1. The molecule has 1 N–H and O–H groups in total. The van der Waals surface area contributed by atoms with E-state index in [0.717, 1.165) is 5.70 Å². The van der Waals surface area contributed by atoms with E-state index in [1.807, 2.05) is 23.8 Å². The van der Waals surface area contributed by atoms with Gasteiger partial charge in [-0.15, -0.1) is 0 Å². The van der Waals surface area contributed by atoms with Crippen LogP contribution in [0.4, 0.5) is 0 Å². The Bertz CT molecular complexity index is 518. The molecule has 0 aliphatic heterocycles. The number of aromatic hydroxyl groups is 1. The van der Waals surface area contributed by atoms with E-state index in [1.165, 1.54) is 0 Å². The van der Waals surface area contributed by atoms with Gasteiger partial charge in [-0.25, -0.2) is 4.98 Å². The summed E-state index contributed by atoms with van der Waals surface area (Å²) in [6, 6.07) is 4.96. The zero-order valence-electron chi connectivity index (χ0n) is 8.76. The molecule has 0 spiro atoms. The maximum atomic E-state index is 9.80. The van der Waals surface area contributed by atoms with Gasteiger partial charge in [0.15, 0.2) is 0 Å². The topological polar surface area (TPSA) is 38.0 Å². The van der Waals surface area contributed by atoms with Crippen molar-refractivity contribution in [3.8, 4) is 5.75 Å². The van der Waals surface area contributed by atoms with Crippen LogP contribution in [-0.4, -0.2) is 14.7 Å². The molecule has 0 unspecified atom stereocenters. The lowest BCUT2D eigenvalue weighted by atomic mass is 10.1. The molecule has 0 saturated carbocycles. The Morgan fingerprint density at radius 3 is 2.94 bits per heavy atom. The van der Waals surface area contributed by atoms with Gasteiger partial charge >= 0.3 is 0 Å². The van der Waals surface area contributed by atoms with Crippen molar-refractivity contribution >= 4 is 17.3 Å². The number of halogens is 1. The Labute approximate surface area is 98.6 Å². The monoisotopic (exact) mass is 234 g/mol. The number of aromatic nitrogens is 2. The van der Waals surface area contributed by atoms with Crippen molar-refractivity contribution in [1.29, 1.82) is 0 Å². The van der Waals surface area contributed by atoms with E-state index >= 15 is 0 Å². The van der Waals surface area contributed by atoms with E-state index < -0.39 is 0 Å². The molecule has 0 bridgehead atoms. The molecule has 0 radical (unpaired) electrons. The molecule has 1 heterocycles. The van der Waals surface area contributed by atoms with Crippen LogP contribution in [0.25, 0.3) is 5.70 Å². The molecule has 4 heteroatoms. The highest BCUT2D eigenvalue weighted by atomic mass is 35.5. The van der Waals surface area contributed by atoms with Gasteiger partial charge in [0, 0.05) is 23.0 Å². The van der Waals surface area contributed by atoms with Crippen molar-refractivity contribution in [3.05, 3.63) is 53.6 Å². The molecular weight excluding hydrogens is 224 g/mol. The van der Waals surface area contributed by atoms with Crippen LogP contribution in [0.5, 0.6) is 5.75 Å². The van der Waals surface area contributed by atoms with Crippen molar-refractivity contribution in [2.75, 3.05) is 0 Å². The first-order chi connectivity index (χ1) is 7.72. The number of benzene rings is 1. The highest BCUT2D eigenvalue weighted by Gasteiger charge is 2.08. The van der Waals surface area contributed by atoms with Crippen LogP contribution in [-0.2, 0) is 0 Å². The second kappa shape index (κ2) is 4.41. The highest BCUT2D eigenvalue weighted by Crippen LogP contribution is 2.28. The summed E-state index contributed by atoms with van der Waals surface area (Å²) in [4.78, 5) is 3.98. The zero-order valence-corrected chi connectivity index (χ0v) is 9.52. The van der Waals surface area contributed by atoms with Gasteiger partial charge in [-0.2, -0.15) is 0 Å². The van der Waals surface area contributed by atoms with Gasteiger partial charge in [-0.1, -0.05) is 17.7 Å². The Hall–Kier alpha value is -1.74. The van der Waals surface area contributed by atoms with Gasteiger partial charge in [0.2, 0.25) is 0 Å². The van der Waals surface area contributed by atoms with Crippen LogP contribution in [0.3, 0.4) is 0 Å². The molecule has 2 rings (SSSR count). The number of allylic oxidation sites excluding steroid dienone is 1. The van der Waals surface area contributed by atoms with Crippen LogP contribution in [0, 0.1) is 0 Å². The largest absolute Gasteiger partial charge is 0.507 e. The first kappa shape index (κ1) is 10.8. The number of rotatable bonds is 2. The number of hydrogen-bond acceptors (Lipinski definition) is 2. The third kappa shape index (κ3) is 1.95. The molecule has 0 saturated heterocycles. The lowest BCUT2D eigenvalue weighted by Gasteiger charge is -2.10. The number of phenols is 1. The summed E-state index contributed by atoms with van der Waals surface area (Å²) in [5.74, 6) is 0.200. The van der Waals surface area contributed by atoms with E-state index in [9.17, 15) is 5.11 Å². The standard InChI is InChI=1S/C12H11ClN2O/c1-2-11(15-6-5-14-8-15)10-7-9(13)3-4-12(10)16/h2-8,16H,1H3/b11-2-. The van der Waals surface area contributed by atoms with E-state index in [4.69, 9.17) is 11.6 Å². The molecule has 0 fully saturated rings.